The molecule has 0 amide bonds. The van der Waals surface area contributed by atoms with Gasteiger partial charge in [-0.2, -0.15) is 0 Å². The molecule has 0 aliphatic carbocycles. The first-order valence-corrected chi connectivity index (χ1v) is 5.99. The Morgan fingerprint density at radius 2 is 2.21 bits per heavy atom. The molecular weight excluding hydrogens is 238 g/mol. The van der Waals surface area contributed by atoms with Crippen molar-refractivity contribution in [3.05, 3.63) is 28.2 Å². The van der Waals surface area contributed by atoms with Gasteiger partial charge in [-0.15, -0.1) is 0 Å². The molecule has 14 heavy (non-hydrogen) atoms. The van der Waals surface area contributed by atoms with Gasteiger partial charge < -0.3 is 4.90 Å². The molecule has 1 aromatic rings. The zero-order valence-electron chi connectivity index (χ0n) is 8.76. The summed E-state index contributed by atoms with van der Waals surface area (Å²) in [6.45, 7) is 6.91. The van der Waals surface area contributed by atoms with Crippen molar-refractivity contribution in [3.8, 4) is 0 Å². The number of benzene rings is 1. The topological polar surface area (TPSA) is 3.24 Å². The van der Waals surface area contributed by atoms with Gasteiger partial charge in [0, 0.05) is 23.2 Å². The van der Waals surface area contributed by atoms with Crippen LogP contribution < -0.4 is 4.90 Å². The van der Waals surface area contributed by atoms with Crippen molar-refractivity contribution in [2.24, 2.45) is 5.92 Å². The maximum absolute atomic E-state index is 3.52. The standard InChI is InChI=1S/C12H16BrN/c1-9(2)8-14-6-5-10-7-11(13)3-4-12(10)14/h3-4,7,9H,5-6,8H2,1-2H3. The largest absolute Gasteiger partial charge is 0.371 e. The molecule has 0 saturated carbocycles. The van der Waals surface area contributed by atoms with E-state index >= 15 is 0 Å². The predicted octanol–water partition coefficient (Wildman–Crippen LogP) is 3.47. The second-order valence-corrected chi connectivity index (χ2v) is 5.28. The molecule has 2 heteroatoms. The van der Waals surface area contributed by atoms with Crippen molar-refractivity contribution in [1.29, 1.82) is 0 Å². The summed E-state index contributed by atoms with van der Waals surface area (Å²) in [5.41, 5.74) is 2.92. The highest BCUT2D eigenvalue weighted by atomic mass is 79.9. The van der Waals surface area contributed by atoms with Gasteiger partial charge in [0.25, 0.3) is 0 Å². The quantitative estimate of drug-likeness (QED) is 0.781. The Morgan fingerprint density at radius 3 is 2.93 bits per heavy atom. The Morgan fingerprint density at radius 1 is 1.43 bits per heavy atom. The third-order valence-corrected chi connectivity index (χ3v) is 3.11. The van der Waals surface area contributed by atoms with E-state index in [-0.39, 0.29) is 0 Å². The van der Waals surface area contributed by atoms with Crippen LogP contribution in [0.2, 0.25) is 0 Å². The second-order valence-electron chi connectivity index (χ2n) is 4.36. The first-order valence-electron chi connectivity index (χ1n) is 5.20. The van der Waals surface area contributed by atoms with Crippen LogP contribution in [-0.2, 0) is 6.42 Å². The lowest BCUT2D eigenvalue weighted by Crippen LogP contribution is -2.25. The Bertz CT molecular complexity index is 333. The van der Waals surface area contributed by atoms with Gasteiger partial charge in [0.15, 0.2) is 0 Å². The first-order chi connectivity index (χ1) is 6.66. The van der Waals surface area contributed by atoms with Crippen LogP contribution in [0.4, 0.5) is 5.69 Å². The molecule has 0 saturated heterocycles. The van der Waals surface area contributed by atoms with E-state index in [1.807, 2.05) is 0 Å². The normalized spacial score (nSPS) is 15.0. The molecule has 0 N–H and O–H groups in total. The van der Waals surface area contributed by atoms with Crippen LogP contribution in [-0.4, -0.2) is 13.1 Å². The van der Waals surface area contributed by atoms with Crippen LogP contribution in [0.25, 0.3) is 0 Å². The summed E-state index contributed by atoms with van der Waals surface area (Å²) >= 11 is 3.52. The molecule has 76 valence electrons. The van der Waals surface area contributed by atoms with Crippen LogP contribution in [0, 0.1) is 5.92 Å². The fraction of sp³-hybridized carbons (Fsp3) is 0.500. The Hall–Kier alpha value is -0.500. The zero-order valence-corrected chi connectivity index (χ0v) is 10.3. The van der Waals surface area contributed by atoms with Crippen molar-refractivity contribution < 1.29 is 0 Å². The van der Waals surface area contributed by atoms with Crippen LogP contribution in [0.1, 0.15) is 19.4 Å². The van der Waals surface area contributed by atoms with E-state index in [2.05, 4.69) is 52.9 Å². The van der Waals surface area contributed by atoms with Gasteiger partial charge in [-0.05, 0) is 36.1 Å². The molecule has 2 rings (SSSR count). The lowest BCUT2D eigenvalue weighted by Gasteiger charge is -2.21. The van der Waals surface area contributed by atoms with E-state index in [9.17, 15) is 0 Å². The maximum atomic E-state index is 3.52. The summed E-state index contributed by atoms with van der Waals surface area (Å²) in [4.78, 5) is 2.49. The first kappa shape index (κ1) is 10.0. The number of hydrogen-bond donors (Lipinski definition) is 0. The highest BCUT2D eigenvalue weighted by Crippen LogP contribution is 2.30. The van der Waals surface area contributed by atoms with E-state index < -0.39 is 0 Å². The number of anilines is 1. The van der Waals surface area contributed by atoms with E-state index in [4.69, 9.17) is 0 Å². The van der Waals surface area contributed by atoms with Crippen molar-refractivity contribution >= 4 is 21.6 Å². The second kappa shape index (κ2) is 3.93. The minimum atomic E-state index is 0.740. The summed E-state index contributed by atoms with van der Waals surface area (Å²) in [6.07, 6.45) is 1.20. The molecule has 0 aromatic heterocycles. The monoisotopic (exact) mass is 253 g/mol. The zero-order chi connectivity index (χ0) is 10.1. The average Bonchev–Trinajstić information content (AvgIpc) is 2.47. The predicted molar refractivity (Wildman–Crippen MR) is 64.9 cm³/mol. The van der Waals surface area contributed by atoms with Crippen LogP contribution in [0.3, 0.4) is 0 Å². The van der Waals surface area contributed by atoms with Gasteiger partial charge in [-0.3, -0.25) is 0 Å². The fourth-order valence-corrected chi connectivity index (χ4v) is 2.48. The summed E-state index contributed by atoms with van der Waals surface area (Å²) in [5.74, 6) is 0.740. The molecule has 1 nitrogen and oxygen atoms in total. The molecule has 0 unspecified atom stereocenters. The smallest absolute Gasteiger partial charge is 0.0400 e. The lowest BCUT2D eigenvalue weighted by molar-refractivity contribution is 0.622. The van der Waals surface area contributed by atoms with Crippen molar-refractivity contribution in [2.75, 3.05) is 18.0 Å². The highest BCUT2D eigenvalue weighted by Gasteiger charge is 2.19. The van der Waals surface area contributed by atoms with Crippen LogP contribution >= 0.6 is 15.9 Å². The highest BCUT2D eigenvalue weighted by molar-refractivity contribution is 9.10. The van der Waals surface area contributed by atoms with Gasteiger partial charge in [-0.1, -0.05) is 29.8 Å². The summed E-state index contributed by atoms with van der Waals surface area (Å²) in [5, 5.41) is 0. The molecule has 0 atom stereocenters. The summed E-state index contributed by atoms with van der Waals surface area (Å²) < 4.78 is 1.20. The molecular formula is C12H16BrN. The van der Waals surface area contributed by atoms with E-state index in [1.165, 1.54) is 35.2 Å². The van der Waals surface area contributed by atoms with Crippen molar-refractivity contribution in [3.63, 3.8) is 0 Å². The van der Waals surface area contributed by atoms with Gasteiger partial charge >= 0.3 is 0 Å². The summed E-state index contributed by atoms with van der Waals surface area (Å²) in [6, 6.07) is 6.61. The molecule has 0 fully saturated rings. The Labute approximate surface area is 94.2 Å². The number of fused-ring (bicyclic) bond motifs is 1. The Kier molecular flexibility index (Phi) is 2.82. The number of hydrogen-bond acceptors (Lipinski definition) is 1. The average molecular weight is 254 g/mol. The fourth-order valence-electron chi connectivity index (χ4n) is 2.07. The van der Waals surface area contributed by atoms with Crippen LogP contribution in [0.5, 0.6) is 0 Å². The van der Waals surface area contributed by atoms with Gasteiger partial charge in [-0.25, -0.2) is 0 Å². The molecule has 1 heterocycles. The van der Waals surface area contributed by atoms with E-state index in [0.29, 0.717) is 0 Å². The van der Waals surface area contributed by atoms with Gasteiger partial charge in [0.05, 0.1) is 0 Å². The summed E-state index contributed by atoms with van der Waals surface area (Å²) in [7, 11) is 0. The molecule has 0 radical (unpaired) electrons. The van der Waals surface area contributed by atoms with Crippen molar-refractivity contribution in [1.82, 2.24) is 0 Å². The maximum Gasteiger partial charge on any atom is 0.0400 e. The van der Waals surface area contributed by atoms with Gasteiger partial charge in [0.2, 0.25) is 0 Å². The minimum absolute atomic E-state index is 0.740. The molecule has 0 spiro atoms. The Balaban J connectivity index is 2.22. The van der Waals surface area contributed by atoms with Gasteiger partial charge in [0.1, 0.15) is 0 Å². The number of nitrogens with zero attached hydrogens (tertiary/aromatic N) is 1. The van der Waals surface area contributed by atoms with Crippen LogP contribution in [0.15, 0.2) is 22.7 Å². The third kappa shape index (κ3) is 1.95. The third-order valence-electron chi connectivity index (χ3n) is 2.62. The SMILES string of the molecule is CC(C)CN1CCc2cc(Br)ccc21. The molecule has 1 aromatic carbocycles. The molecule has 1 aliphatic heterocycles. The van der Waals surface area contributed by atoms with E-state index in [1.54, 1.807) is 0 Å². The minimum Gasteiger partial charge on any atom is -0.371 e. The van der Waals surface area contributed by atoms with Crippen molar-refractivity contribution in [2.45, 2.75) is 20.3 Å². The molecule has 0 bridgehead atoms. The number of rotatable bonds is 2. The lowest BCUT2D eigenvalue weighted by atomic mass is 10.1. The molecule has 1 aliphatic rings. The number of halogens is 1. The van der Waals surface area contributed by atoms with E-state index in [0.717, 1.165) is 5.92 Å².